The zero-order chi connectivity index (χ0) is 16.7. The molecule has 0 spiro atoms. The maximum absolute atomic E-state index is 12.1. The van der Waals surface area contributed by atoms with Crippen LogP contribution in [0.4, 0.5) is 4.79 Å². The topological polar surface area (TPSA) is 61.4 Å². The van der Waals surface area contributed by atoms with Crippen LogP contribution in [0.2, 0.25) is 5.02 Å². The van der Waals surface area contributed by atoms with E-state index in [1.807, 2.05) is 55.5 Å². The van der Waals surface area contributed by atoms with Crippen LogP contribution in [0, 0.1) is 0 Å². The molecule has 0 heterocycles. The maximum atomic E-state index is 12.1. The van der Waals surface area contributed by atoms with E-state index in [9.17, 15) is 9.90 Å². The second-order valence-electron chi connectivity index (χ2n) is 5.27. The predicted octanol–water partition coefficient (Wildman–Crippen LogP) is 3.78. The fourth-order valence-electron chi connectivity index (χ4n) is 2.41. The van der Waals surface area contributed by atoms with Gasteiger partial charge in [0, 0.05) is 11.6 Å². The number of carbonyl (C=O) groups is 1. The third-order valence-corrected chi connectivity index (χ3v) is 3.93. The van der Waals surface area contributed by atoms with E-state index in [1.165, 1.54) is 0 Å². The molecule has 4 nitrogen and oxygen atoms in total. The zero-order valence-electron chi connectivity index (χ0n) is 13.1. The number of rotatable bonds is 6. The summed E-state index contributed by atoms with van der Waals surface area (Å²) in [5.74, 6) is 0. The summed E-state index contributed by atoms with van der Waals surface area (Å²) in [5.41, 5.74) is 2.70. The zero-order valence-corrected chi connectivity index (χ0v) is 13.8. The molecular formula is C18H21ClN2O2. The van der Waals surface area contributed by atoms with Crippen LogP contribution in [0.3, 0.4) is 0 Å². The van der Waals surface area contributed by atoms with Crippen molar-refractivity contribution in [3.63, 3.8) is 0 Å². The highest BCUT2D eigenvalue weighted by molar-refractivity contribution is 6.30. The molecule has 1 atom stereocenters. The van der Waals surface area contributed by atoms with Gasteiger partial charge in [-0.2, -0.15) is 0 Å². The van der Waals surface area contributed by atoms with Crippen LogP contribution in [0.5, 0.6) is 0 Å². The van der Waals surface area contributed by atoms with Crippen molar-refractivity contribution in [2.75, 3.05) is 0 Å². The number of carbonyl (C=O) groups excluding carboxylic acids is 1. The highest BCUT2D eigenvalue weighted by Gasteiger charge is 2.13. The minimum atomic E-state index is -0.246. The molecule has 2 amide bonds. The van der Waals surface area contributed by atoms with Crippen molar-refractivity contribution < 1.29 is 9.90 Å². The van der Waals surface area contributed by atoms with Crippen molar-refractivity contribution in [1.82, 2.24) is 10.6 Å². The molecule has 0 bridgehead atoms. The minimum absolute atomic E-state index is 0.0421. The van der Waals surface area contributed by atoms with E-state index in [-0.39, 0.29) is 18.7 Å². The van der Waals surface area contributed by atoms with Crippen molar-refractivity contribution in [2.24, 2.45) is 0 Å². The molecule has 0 radical (unpaired) electrons. The molecule has 122 valence electrons. The first-order chi connectivity index (χ1) is 11.1. The number of amides is 2. The molecule has 2 rings (SSSR count). The van der Waals surface area contributed by atoms with E-state index in [2.05, 4.69) is 10.6 Å². The van der Waals surface area contributed by atoms with Gasteiger partial charge in [0.25, 0.3) is 0 Å². The van der Waals surface area contributed by atoms with E-state index < -0.39 is 0 Å². The molecule has 3 N–H and O–H groups in total. The fourth-order valence-corrected chi connectivity index (χ4v) is 2.61. The second-order valence-corrected chi connectivity index (χ2v) is 5.71. The molecule has 2 aromatic rings. The smallest absolute Gasteiger partial charge is 0.315 e. The number of nitrogens with one attached hydrogen (secondary N) is 2. The van der Waals surface area contributed by atoms with E-state index in [4.69, 9.17) is 11.6 Å². The molecule has 0 aromatic heterocycles. The predicted molar refractivity (Wildman–Crippen MR) is 92.2 cm³/mol. The third kappa shape index (κ3) is 4.98. The molecule has 0 aliphatic carbocycles. The Morgan fingerprint density at radius 3 is 2.57 bits per heavy atom. The maximum Gasteiger partial charge on any atom is 0.315 e. The quantitative estimate of drug-likeness (QED) is 0.753. The Morgan fingerprint density at radius 2 is 1.91 bits per heavy atom. The summed E-state index contributed by atoms with van der Waals surface area (Å²) in [4.78, 5) is 12.1. The average molecular weight is 333 g/mol. The summed E-state index contributed by atoms with van der Waals surface area (Å²) in [6.45, 7) is 2.33. The lowest BCUT2D eigenvalue weighted by Crippen LogP contribution is -2.37. The van der Waals surface area contributed by atoms with Crippen LogP contribution in [0.25, 0.3) is 0 Å². The lowest BCUT2D eigenvalue weighted by atomic mass is 10.0. The summed E-state index contributed by atoms with van der Waals surface area (Å²) >= 11 is 6.01. The van der Waals surface area contributed by atoms with Crippen molar-refractivity contribution in [3.05, 3.63) is 70.2 Å². The Labute approximate surface area is 141 Å². The van der Waals surface area contributed by atoms with Gasteiger partial charge in [0.2, 0.25) is 0 Å². The van der Waals surface area contributed by atoms with Crippen molar-refractivity contribution in [1.29, 1.82) is 0 Å². The Bertz CT molecular complexity index is 661. The summed E-state index contributed by atoms with van der Waals surface area (Å²) in [7, 11) is 0. The minimum Gasteiger partial charge on any atom is -0.392 e. The van der Waals surface area contributed by atoms with Gasteiger partial charge in [0.15, 0.2) is 0 Å². The highest BCUT2D eigenvalue weighted by Crippen LogP contribution is 2.20. The largest absolute Gasteiger partial charge is 0.392 e. The molecule has 1 unspecified atom stereocenters. The molecule has 0 saturated heterocycles. The number of aliphatic hydroxyl groups is 1. The summed E-state index contributed by atoms with van der Waals surface area (Å²) in [6, 6.07) is 14.6. The van der Waals surface area contributed by atoms with Gasteiger partial charge in [-0.15, -0.1) is 0 Å². The molecule has 0 fully saturated rings. The molecule has 0 aliphatic rings. The summed E-state index contributed by atoms with van der Waals surface area (Å²) < 4.78 is 0. The first-order valence-electron chi connectivity index (χ1n) is 7.61. The number of urea groups is 1. The molecule has 0 aliphatic heterocycles. The van der Waals surface area contributed by atoms with E-state index in [0.29, 0.717) is 11.6 Å². The SMILES string of the molecule is CCC(NC(=O)NCc1ccccc1CO)c1cccc(Cl)c1. The van der Waals surface area contributed by atoms with Crippen LogP contribution < -0.4 is 10.6 Å². The normalized spacial score (nSPS) is 11.8. The Hall–Kier alpha value is -2.04. The van der Waals surface area contributed by atoms with Crippen molar-refractivity contribution in [2.45, 2.75) is 32.5 Å². The Balaban J connectivity index is 1.95. The van der Waals surface area contributed by atoms with Gasteiger partial charge >= 0.3 is 6.03 Å². The van der Waals surface area contributed by atoms with Gasteiger partial charge < -0.3 is 15.7 Å². The summed E-state index contributed by atoms with van der Waals surface area (Å²) in [6.07, 6.45) is 0.765. The lowest BCUT2D eigenvalue weighted by molar-refractivity contribution is 0.236. The molecular weight excluding hydrogens is 312 g/mol. The standard InChI is InChI=1S/C18H21ClN2O2/c1-2-17(13-8-5-9-16(19)10-13)21-18(23)20-11-14-6-3-4-7-15(14)12-22/h3-10,17,22H,2,11-12H2,1H3,(H2,20,21,23). The number of aliphatic hydroxyl groups excluding tert-OH is 1. The highest BCUT2D eigenvalue weighted by atomic mass is 35.5. The van der Waals surface area contributed by atoms with E-state index in [0.717, 1.165) is 23.1 Å². The molecule has 0 saturated carbocycles. The first-order valence-corrected chi connectivity index (χ1v) is 7.99. The third-order valence-electron chi connectivity index (χ3n) is 3.69. The van der Waals surface area contributed by atoms with Gasteiger partial charge in [-0.05, 0) is 35.2 Å². The van der Waals surface area contributed by atoms with Gasteiger partial charge in [-0.1, -0.05) is 54.9 Å². The van der Waals surface area contributed by atoms with Crippen LogP contribution in [-0.4, -0.2) is 11.1 Å². The Kier molecular flexibility index (Phi) is 6.44. The molecule has 2 aromatic carbocycles. The van der Waals surface area contributed by atoms with Crippen LogP contribution in [0.1, 0.15) is 36.1 Å². The van der Waals surface area contributed by atoms with Gasteiger partial charge in [0.05, 0.1) is 12.6 Å². The second kappa shape index (κ2) is 8.56. The molecule has 5 heteroatoms. The average Bonchev–Trinajstić information content (AvgIpc) is 2.58. The van der Waals surface area contributed by atoms with Gasteiger partial charge in [-0.25, -0.2) is 4.79 Å². The monoisotopic (exact) mass is 332 g/mol. The van der Waals surface area contributed by atoms with Gasteiger partial charge in [-0.3, -0.25) is 0 Å². The van der Waals surface area contributed by atoms with Crippen LogP contribution in [0.15, 0.2) is 48.5 Å². The number of halogens is 1. The van der Waals surface area contributed by atoms with E-state index >= 15 is 0 Å². The number of hydrogen-bond acceptors (Lipinski definition) is 2. The van der Waals surface area contributed by atoms with Crippen LogP contribution in [-0.2, 0) is 13.2 Å². The first kappa shape index (κ1) is 17.3. The number of benzene rings is 2. The van der Waals surface area contributed by atoms with E-state index in [1.54, 1.807) is 0 Å². The summed E-state index contributed by atoms with van der Waals surface area (Å²) in [5, 5.41) is 15.7. The van der Waals surface area contributed by atoms with Crippen LogP contribution >= 0.6 is 11.6 Å². The number of hydrogen-bond donors (Lipinski definition) is 3. The lowest BCUT2D eigenvalue weighted by Gasteiger charge is -2.18. The molecule has 23 heavy (non-hydrogen) atoms. The van der Waals surface area contributed by atoms with Crippen molar-refractivity contribution >= 4 is 17.6 Å². The fraction of sp³-hybridized carbons (Fsp3) is 0.278. The van der Waals surface area contributed by atoms with Gasteiger partial charge in [0.1, 0.15) is 0 Å². The Morgan fingerprint density at radius 1 is 1.17 bits per heavy atom. The van der Waals surface area contributed by atoms with Crippen molar-refractivity contribution in [3.8, 4) is 0 Å².